The van der Waals surface area contributed by atoms with Crippen molar-refractivity contribution in [3.8, 4) is 0 Å². The first kappa shape index (κ1) is 10.7. The summed E-state index contributed by atoms with van der Waals surface area (Å²) in [4.78, 5) is 18.8. The number of nitrogens with zero attached hydrogens (tertiary/aromatic N) is 1. The number of nitro benzene ring substituents is 1. The largest absolute Gasteiger partial charge is 0.329 e. The maximum Gasteiger partial charge on any atom is 0.288 e. The van der Waals surface area contributed by atoms with E-state index in [1.165, 1.54) is 24.3 Å². The summed E-state index contributed by atoms with van der Waals surface area (Å²) < 4.78 is 10.9. The fourth-order valence-electron chi connectivity index (χ4n) is 0.929. The van der Waals surface area contributed by atoms with Crippen LogP contribution in [0.3, 0.4) is 0 Å². The zero-order chi connectivity index (χ0) is 10.8. The van der Waals surface area contributed by atoms with Gasteiger partial charge in [0.25, 0.3) is 13.2 Å². The summed E-state index contributed by atoms with van der Waals surface area (Å²) in [6.45, 7) is 1.12. The molecule has 1 unspecified atom stereocenters. The SMILES string of the molecule is CP(=O)(O)Nc1cccc([N+](=O)[O-])c1. The topological polar surface area (TPSA) is 92.5 Å². The van der Waals surface area contributed by atoms with Gasteiger partial charge in [-0.3, -0.25) is 14.7 Å². The Morgan fingerprint density at radius 3 is 2.71 bits per heavy atom. The van der Waals surface area contributed by atoms with Crippen molar-refractivity contribution in [2.45, 2.75) is 0 Å². The van der Waals surface area contributed by atoms with E-state index < -0.39 is 12.4 Å². The summed E-state index contributed by atoms with van der Waals surface area (Å²) in [6, 6.07) is 5.44. The lowest BCUT2D eigenvalue weighted by Gasteiger charge is -2.08. The Bertz CT molecular complexity index is 400. The average Bonchev–Trinajstić information content (AvgIpc) is 2.01. The van der Waals surface area contributed by atoms with E-state index in [1.54, 1.807) is 0 Å². The van der Waals surface area contributed by atoms with Gasteiger partial charge in [0.2, 0.25) is 0 Å². The number of nitro groups is 1. The quantitative estimate of drug-likeness (QED) is 0.456. The second-order valence-corrected chi connectivity index (χ2v) is 4.78. The second kappa shape index (κ2) is 3.77. The Morgan fingerprint density at radius 2 is 2.21 bits per heavy atom. The van der Waals surface area contributed by atoms with Crippen molar-refractivity contribution >= 4 is 18.9 Å². The fourth-order valence-corrected chi connectivity index (χ4v) is 1.55. The minimum atomic E-state index is -3.41. The summed E-state index contributed by atoms with van der Waals surface area (Å²) in [5.74, 6) is 0. The Balaban J connectivity index is 2.95. The molecule has 0 aliphatic heterocycles. The molecule has 0 saturated heterocycles. The van der Waals surface area contributed by atoms with Crippen LogP contribution >= 0.6 is 7.52 Å². The molecule has 1 rings (SSSR count). The molecule has 7 heteroatoms. The molecule has 14 heavy (non-hydrogen) atoms. The molecule has 0 saturated carbocycles. The van der Waals surface area contributed by atoms with Gasteiger partial charge in [-0.05, 0) is 6.07 Å². The van der Waals surface area contributed by atoms with Crippen LogP contribution in [0.25, 0.3) is 0 Å². The molecule has 0 bridgehead atoms. The highest BCUT2D eigenvalue weighted by Gasteiger charge is 2.11. The van der Waals surface area contributed by atoms with Crippen molar-refractivity contribution < 1.29 is 14.4 Å². The zero-order valence-electron chi connectivity index (χ0n) is 7.38. The number of rotatable bonds is 3. The van der Waals surface area contributed by atoms with Crippen molar-refractivity contribution in [3.63, 3.8) is 0 Å². The molecule has 0 fully saturated rings. The zero-order valence-corrected chi connectivity index (χ0v) is 8.27. The van der Waals surface area contributed by atoms with Gasteiger partial charge in [-0.25, -0.2) is 0 Å². The number of hydrogen-bond donors (Lipinski definition) is 2. The van der Waals surface area contributed by atoms with Crippen molar-refractivity contribution in [2.24, 2.45) is 0 Å². The molecule has 0 aliphatic carbocycles. The Hall–Kier alpha value is -1.39. The lowest BCUT2D eigenvalue weighted by molar-refractivity contribution is -0.384. The van der Waals surface area contributed by atoms with Crippen LogP contribution in [0.4, 0.5) is 11.4 Å². The molecule has 0 aliphatic rings. The minimum absolute atomic E-state index is 0.122. The molecule has 0 aromatic heterocycles. The first-order valence-electron chi connectivity index (χ1n) is 3.71. The molecule has 0 amide bonds. The smallest absolute Gasteiger partial charge is 0.288 e. The van der Waals surface area contributed by atoms with Gasteiger partial charge in [-0.15, -0.1) is 0 Å². The van der Waals surface area contributed by atoms with E-state index in [2.05, 4.69) is 5.09 Å². The molecule has 1 aromatic carbocycles. The molecular weight excluding hydrogens is 207 g/mol. The molecule has 0 spiro atoms. The molecule has 1 aromatic rings. The Labute approximate surface area is 80.2 Å². The van der Waals surface area contributed by atoms with Gasteiger partial charge < -0.3 is 9.98 Å². The maximum absolute atomic E-state index is 10.9. The molecule has 0 heterocycles. The molecular formula is C7H9N2O4P. The van der Waals surface area contributed by atoms with Gasteiger partial charge in [-0.1, -0.05) is 6.07 Å². The monoisotopic (exact) mass is 216 g/mol. The molecule has 76 valence electrons. The first-order valence-corrected chi connectivity index (χ1v) is 5.82. The standard InChI is InChI=1S/C7H9N2O4P/c1-14(12,13)8-6-3-2-4-7(5-6)9(10)11/h2-5H,1H3,(H2,8,12,13). The van der Waals surface area contributed by atoms with Crippen LogP contribution in [0.5, 0.6) is 0 Å². The van der Waals surface area contributed by atoms with Crippen LogP contribution in [0.1, 0.15) is 0 Å². The van der Waals surface area contributed by atoms with Crippen LogP contribution in [0, 0.1) is 10.1 Å². The predicted octanol–water partition coefficient (Wildman–Crippen LogP) is 1.82. The van der Waals surface area contributed by atoms with Crippen LogP contribution < -0.4 is 5.09 Å². The third-order valence-corrected chi connectivity index (χ3v) is 2.07. The number of hydrogen-bond acceptors (Lipinski definition) is 3. The Kier molecular flexibility index (Phi) is 2.88. The highest BCUT2D eigenvalue weighted by Crippen LogP contribution is 2.36. The van der Waals surface area contributed by atoms with Crippen molar-refractivity contribution in [3.05, 3.63) is 34.4 Å². The summed E-state index contributed by atoms with van der Waals surface area (Å²) in [6.07, 6.45) is 0. The van der Waals surface area contributed by atoms with Gasteiger partial charge in [0.15, 0.2) is 0 Å². The van der Waals surface area contributed by atoms with Crippen molar-refractivity contribution in [2.75, 3.05) is 11.8 Å². The normalized spacial score (nSPS) is 14.4. The van der Waals surface area contributed by atoms with Gasteiger partial charge in [0.1, 0.15) is 0 Å². The average molecular weight is 216 g/mol. The number of anilines is 1. The van der Waals surface area contributed by atoms with E-state index in [1.807, 2.05) is 0 Å². The van der Waals surface area contributed by atoms with E-state index in [4.69, 9.17) is 4.89 Å². The summed E-state index contributed by atoms with van der Waals surface area (Å²) in [5, 5.41) is 12.6. The van der Waals surface area contributed by atoms with Gasteiger partial charge in [0, 0.05) is 24.5 Å². The third kappa shape index (κ3) is 3.16. The van der Waals surface area contributed by atoms with Crippen LogP contribution in [0.15, 0.2) is 24.3 Å². The van der Waals surface area contributed by atoms with Crippen molar-refractivity contribution in [1.82, 2.24) is 0 Å². The van der Waals surface area contributed by atoms with E-state index >= 15 is 0 Å². The van der Waals surface area contributed by atoms with E-state index in [-0.39, 0.29) is 11.4 Å². The first-order chi connectivity index (χ1) is 6.38. The summed E-state index contributed by atoms with van der Waals surface area (Å²) in [7, 11) is -3.41. The number of non-ortho nitro benzene ring substituents is 1. The lowest BCUT2D eigenvalue weighted by atomic mass is 10.3. The Morgan fingerprint density at radius 1 is 1.57 bits per heavy atom. The van der Waals surface area contributed by atoms with Gasteiger partial charge in [0.05, 0.1) is 4.92 Å². The highest BCUT2D eigenvalue weighted by atomic mass is 31.2. The van der Waals surface area contributed by atoms with E-state index in [0.717, 1.165) is 6.66 Å². The highest BCUT2D eigenvalue weighted by molar-refractivity contribution is 7.58. The lowest BCUT2D eigenvalue weighted by Crippen LogP contribution is -1.95. The molecule has 6 nitrogen and oxygen atoms in total. The van der Waals surface area contributed by atoms with Crippen LogP contribution in [-0.4, -0.2) is 16.5 Å². The van der Waals surface area contributed by atoms with Crippen molar-refractivity contribution in [1.29, 1.82) is 0 Å². The summed E-state index contributed by atoms with van der Waals surface area (Å²) >= 11 is 0. The molecule has 2 N–H and O–H groups in total. The van der Waals surface area contributed by atoms with E-state index in [0.29, 0.717) is 0 Å². The fraction of sp³-hybridized carbons (Fsp3) is 0.143. The van der Waals surface area contributed by atoms with Gasteiger partial charge >= 0.3 is 0 Å². The summed E-state index contributed by atoms with van der Waals surface area (Å²) in [5.41, 5.74) is 0.135. The molecule has 0 radical (unpaired) electrons. The van der Waals surface area contributed by atoms with Crippen LogP contribution in [-0.2, 0) is 4.57 Å². The predicted molar refractivity (Wildman–Crippen MR) is 52.5 cm³/mol. The van der Waals surface area contributed by atoms with E-state index in [9.17, 15) is 14.7 Å². The molecule has 1 atom stereocenters. The van der Waals surface area contributed by atoms with Crippen LogP contribution in [0.2, 0.25) is 0 Å². The van der Waals surface area contributed by atoms with Gasteiger partial charge in [-0.2, -0.15) is 0 Å². The maximum atomic E-state index is 10.9. The number of benzene rings is 1. The number of nitrogens with one attached hydrogen (secondary N) is 1. The third-order valence-electron chi connectivity index (χ3n) is 1.39. The second-order valence-electron chi connectivity index (χ2n) is 2.80. The minimum Gasteiger partial charge on any atom is -0.329 e.